The number of hydrogen-bond acceptors (Lipinski definition) is 3. The molecule has 0 radical (unpaired) electrons. The van der Waals surface area contributed by atoms with Crippen LogP contribution in [0.5, 0.6) is 0 Å². The molecule has 0 atom stereocenters. The lowest BCUT2D eigenvalue weighted by molar-refractivity contribution is 0.108. The van der Waals surface area contributed by atoms with Crippen molar-refractivity contribution in [2.75, 3.05) is 0 Å². The van der Waals surface area contributed by atoms with E-state index in [0.717, 1.165) is 11.1 Å². The summed E-state index contributed by atoms with van der Waals surface area (Å²) in [5.41, 5.74) is 2.20. The average molecular weight is 248 g/mol. The lowest BCUT2D eigenvalue weighted by Gasteiger charge is -2.02. The van der Waals surface area contributed by atoms with E-state index in [0.29, 0.717) is 5.56 Å². The lowest BCUT2D eigenvalue weighted by atomic mass is 10.0. The summed E-state index contributed by atoms with van der Waals surface area (Å²) in [6.07, 6.45) is 0. The first-order valence-corrected chi connectivity index (χ1v) is 5.70. The SMILES string of the molecule is O=C(SO)c1ccc(-c2ccc(F)cc2)cc1. The molecule has 0 aromatic heterocycles. The van der Waals surface area contributed by atoms with Crippen LogP contribution >= 0.6 is 12.0 Å². The van der Waals surface area contributed by atoms with Gasteiger partial charge in [-0.3, -0.25) is 4.79 Å². The molecule has 1 N–H and O–H groups in total. The van der Waals surface area contributed by atoms with E-state index in [9.17, 15) is 9.18 Å². The molecule has 2 rings (SSSR count). The van der Waals surface area contributed by atoms with E-state index in [1.807, 2.05) is 0 Å². The number of hydrogen-bond donors (Lipinski definition) is 1. The molecule has 17 heavy (non-hydrogen) atoms. The van der Waals surface area contributed by atoms with Crippen LogP contribution in [0.4, 0.5) is 4.39 Å². The zero-order chi connectivity index (χ0) is 12.3. The molecule has 2 aromatic rings. The van der Waals surface area contributed by atoms with E-state index in [4.69, 9.17) is 4.55 Å². The van der Waals surface area contributed by atoms with E-state index in [2.05, 4.69) is 0 Å². The molecule has 0 aliphatic heterocycles. The maximum Gasteiger partial charge on any atom is 0.245 e. The molecule has 0 fully saturated rings. The van der Waals surface area contributed by atoms with Crippen molar-refractivity contribution >= 4 is 17.2 Å². The standard InChI is InChI=1S/C13H9FO2S/c14-12-7-5-10(6-8-12)9-1-3-11(4-2-9)13(15)17-16/h1-8,16H. The third-order valence-corrected chi connectivity index (χ3v) is 2.78. The fourth-order valence-corrected chi connectivity index (χ4v) is 1.74. The number of carbonyl (C=O) groups excluding carboxylic acids is 1. The van der Waals surface area contributed by atoms with Crippen molar-refractivity contribution in [2.24, 2.45) is 0 Å². The van der Waals surface area contributed by atoms with Crippen molar-refractivity contribution in [1.29, 1.82) is 0 Å². The largest absolute Gasteiger partial charge is 0.323 e. The van der Waals surface area contributed by atoms with Crippen LogP contribution in [0.15, 0.2) is 48.5 Å². The van der Waals surface area contributed by atoms with Crippen LogP contribution < -0.4 is 0 Å². The third kappa shape index (κ3) is 2.72. The maximum absolute atomic E-state index is 12.7. The van der Waals surface area contributed by atoms with Crippen LogP contribution in [0.2, 0.25) is 0 Å². The normalized spacial score (nSPS) is 10.2. The predicted octanol–water partition coefficient (Wildman–Crippen LogP) is 3.84. The summed E-state index contributed by atoms with van der Waals surface area (Å²) in [6, 6.07) is 12.9. The van der Waals surface area contributed by atoms with Gasteiger partial charge in [0.15, 0.2) is 0 Å². The molecule has 0 bridgehead atoms. The molecule has 4 heteroatoms. The van der Waals surface area contributed by atoms with Gasteiger partial charge in [-0.1, -0.05) is 24.3 Å². The number of carbonyl (C=O) groups is 1. The fourth-order valence-electron chi connectivity index (χ4n) is 1.49. The summed E-state index contributed by atoms with van der Waals surface area (Å²) >= 11 is 0.193. The van der Waals surface area contributed by atoms with Gasteiger partial charge in [-0.2, -0.15) is 0 Å². The molecule has 0 saturated heterocycles. The Balaban J connectivity index is 2.29. The monoisotopic (exact) mass is 248 g/mol. The average Bonchev–Trinajstić information content (AvgIpc) is 2.39. The van der Waals surface area contributed by atoms with E-state index in [-0.39, 0.29) is 17.9 Å². The fraction of sp³-hybridized carbons (Fsp3) is 0. The summed E-state index contributed by atoms with van der Waals surface area (Å²) in [5, 5.41) is -0.393. The summed E-state index contributed by atoms with van der Waals surface area (Å²) in [6.45, 7) is 0. The Bertz CT molecular complexity index is 520. The molecule has 0 amide bonds. The molecule has 0 aliphatic rings. The molecule has 0 spiro atoms. The van der Waals surface area contributed by atoms with Gasteiger partial charge in [0, 0.05) is 5.56 Å². The second-order valence-corrected chi connectivity index (χ2v) is 4.02. The topological polar surface area (TPSA) is 37.3 Å². The van der Waals surface area contributed by atoms with Crippen molar-refractivity contribution in [3.8, 4) is 11.1 Å². The number of benzene rings is 2. The van der Waals surface area contributed by atoms with E-state index >= 15 is 0 Å². The summed E-state index contributed by atoms with van der Waals surface area (Å²) in [5.74, 6) is -0.280. The second kappa shape index (κ2) is 5.12. The molecule has 2 aromatic carbocycles. The molecular weight excluding hydrogens is 239 g/mol. The van der Waals surface area contributed by atoms with Gasteiger partial charge in [0.1, 0.15) is 5.82 Å². The van der Waals surface area contributed by atoms with Crippen molar-refractivity contribution < 1.29 is 13.7 Å². The van der Waals surface area contributed by atoms with Crippen molar-refractivity contribution in [3.05, 3.63) is 59.9 Å². The molecule has 0 aliphatic carbocycles. The van der Waals surface area contributed by atoms with Crippen molar-refractivity contribution in [2.45, 2.75) is 0 Å². The van der Waals surface area contributed by atoms with Crippen LogP contribution in [0, 0.1) is 5.82 Å². The number of rotatable bonds is 2. The summed E-state index contributed by atoms with van der Waals surface area (Å²) in [4.78, 5) is 11.2. The maximum atomic E-state index is 12.7. The Kier molecular flexibility index (Phi) is 3.56. The van der Waals surface area contributed by atoms with Crippen LogP contribution in [0.1, 0.15) is 10.4 Å². The van der Waals surface area contributed by atoms with Gasteiger partial charge in [-0.25, -0.2) is 4.39 Å². The molecule has 0 unspecified atom stereocenters. The Labute approximate surface area is 102 Å². The second-order valence-electron chi connectivity index (χ2n) is 3.46. The highest BCUT2D eigenvalue weighted by molar-refractivity contribution is 8.09. The van der Waals surface area contributed by atoms with Gasteiger partial charge in [0.25, 0.3) is 0 Å². The smallest absolute Gasteiger partial charge is 0.245 e. The summed E-state index contributed by atoms with van der Waals surface area (Å²) in [7, 11) is 0. The van der Waals surface area contributed by atoms with Gasteiger partial charge in [0.05, 0.1) is 12.0 Å². The predicted molar refractivity (Wildman–Crippen MR) is 66.4 cm³/mol. The zero-order valence-electron chi connectivity index (χ0n) is 8.76. The van der Waals surface area contributed by atoms with Gasteiger partial charge in [-0.15, -0.1) is 0 Å². The minimum atomic E-state index is -0.393. The highest BCUT2D eigenvalue weighted by Crippen LogP contribution is 2.21. The molecule has 86 valence electrons. The zero-order valence-corrected chi connectivity index (χ0v) is 9.58. The Morgan fingerprint density at radius 3 is 1.88 bits per heavy atom. The molecule has 2 nitrogen and oxygen atoms in total. The minimum absolute atomic E-state index is 0.193. The van der Waals surface area contributed by atoms with Gasteiger partial charge >= 0.3 is 0 Å². The third-order valence-electron chi connectivity index (χ3n) is 2.38. The Hall–Kier alpha value is -1.65. The highest BCUT2D eigenvalue weighted by Gasteiger charge is 2.05. The van der Waals surface area contributed by atoms with Crippen LogP contribution in [-0.4, -0.2) is 9.67 Å². The van der Waals surface area contributed by atoms with Crippen LogP contribution in [-0.2, 0) is 0 Å². The van der Waals surface area contributed by atoms with Crippen LogP contribution in [0.3, 0.4) is 0 Å². The highest BCUT2D eigenvalue weighted by atomic mass is 32.2. The first-order valence-electron chi connectivity index (χ1n) is 4.92. The van der Waals surface area contributed by atoms with Gasteiger partial charge in [-0.05, 0) is 35.4 Å². The van der Waals surface area contributed by atoms with E-state index < -0.39 is 5.12 Å². The number of halogens is 1. The van der Waals surface area contributed by atoms with E-state index in [1.165, 1.54) is 12.1 Å². The Morgan fingerprint density at radius 2 is 1.41 bits per heavy atom. The molecule has 0 saturated carbocycles. The quantitative estimate of drug-likeness (QED) is 0.820. The van der Waals surface area contributed by atoms with Crippen LogP contribution in [0.25, 0.3) is 11.1 Å². The molecule has 0 heterocycles. The van der Waals surface area contributed by atoms with Crippen molar-refractivity contribution in [3.63, 3.8) is 0 Å². The minimum Gasteiger partial charge on any atom is -0.323 e. The first-order chi connectivity index (χ1) is 8.20. The molecular formula is C13H9FO2S. The van der Waals surface area contributed by atoms with Gasteiger partial charge < -0.3 is 4.55 Å². The van der Waals surface area contributed by atoms with Gasteiger partial charge in [0.2, 0.25) is 5.12 Å². The van der Waals surface area contributed by atoms with E-state index in [1.54, 1.807) is 36.4 Å². The summed E-state index contributed by atoms with van der Waals surface area (Å²) < 4.78 is 21.4. The van der Waals surface area contributed by atoms with Crippen molar-refractivity contribution in [1.82, 2.24) is 0 Å². The first kappa shape index (κ1) is 11.8. The Morgan fingerprint density at radius 1 is 0.941 bits per heavy atom. The lowest BCUT2D eigenvalue weighted by Crippen LogP contribution is -1.91.